The Morgan fingerprint density at radius 2 is 2.19 bits per heavy atom. The Morgan fingerprint density at radius 3 is 2.81 bits per heavy atom. The van der Waals surface area contributed by atoms with Crippen molar-refractivity contribution >= 4 is 17.2 Å². The molecule has 2 heterocycles. The molecule has 5 nitrogen and oxygen atoms in total. The van der Waals surface area contributed by atoms with Gasteiger partial charge in [-0.2, -0.15) is 0 Å². The third kappa shape index (κ3) is 2.06. The summed E-state index contributed by atoms with van der Waals surface area (Å²) in [6.07, 6.45) is 1.81. The molecule has 2 N–H and O–H groups in total. The minimum atomic E-state index is 0.522. The quantitative estimate of drug-likeness (QED) is 0.874. The first-order valence-electron chi connectivity index (χ1n) is 5.35. The minimum absolute atomic E-state index is 0.522. The molecule has 0 saturated carbocycles. The number of aryl methyl sites for hydroxylation is 1. The molecule has 0 spiro atoms. The van der Waals surface area contributed by atoms with Gasteiger partial charge in [0, 0.05) is 5.38 Å². The van der Waals surface area contributed by atoms with Crippen LogP contribution in [0.3, 0.4) is 0 Å². The van der Waals surface area contributed by atoms with E-state index in [0.717, 1.165) is 29.2 Å². The van der Waals surface area contributed by atoms with Gasteiger partial charge in [-0.3, -0.25) is 0 Å². The summed E-state index contributed by atoms with van der Waals surface area (Å²) >= 11 is 1.69. The molecule has 2 aromatic rings. The standard InChI is InChI=1S/C10H15N5S/c1-3-8-10(11)13-14-15(8)5-7-6-16-9(4-2)12-7/h6H,3-5,11H2,1-2H3. The van der Waals surface area contributed by atoms with Gasteiger partial charge in [-0.15, -0.1) is 16.4 Å². The summed E-state index contributed by atoms with van der Waals surface area (Å²) < 4.78 is 1.82. The lowest BCUT2D eigenvalue weighted by atomic mass is 10.3. The summed E-state index contributed by atoms with van der Waals surface area (Å²) in [6, 6.07) is 0. The minimum Gasteiger partial charge on any atom is -0.381 e. The maximum absolute atomic E-state index is 5.72. The van der Waals surface area contributed by atoms with Crippen LogP contribution >= 0.6 is 11.3 Å². The molecule has 0 saturated heterocycles. The number of aromatic nitrogens is 4. The van der Waals surface area contributed by atoms with Crippen molar-refractivity contribution < 1.29 is 0 Å². The number of hydrogen-bond donors (Lipinski definition) is 1. The van der Waals surface area contributed by atoms with E-state index in [4.69, 9.17) is 5.73 Å². The van der Waals surface area contributed by atoms with E-state index < -0.39 is 0 Å². The Bertz CT molecular complexity index is 473. The van der Waals surface area contributed by atoms with Crippen LogP contribution < -0.4 is 5.73 Å². The van der Waals surface area contributed by atoms with E-state index in [1.807, 2.05) is 11.6 Å². The van der Waals surface area contributed by atoms with Crippen molar-refractivity contribution in [3.63, 3.8) is 0 Å². The molecule has 6 heteroatoms. The summed E-state index contributed by atoms with van der Waals surface area (Å²) in [4.78, 5) is 4.50. The lowest BCUT2D eigenvalue weighted by Crippen LogP contribution is -2.07. The fraction of sp³-hybridized carbons (Fsp3) is 0.500. The molecule has 86 valence electrons. The molecule has 0 radical (unpaired) electrons. The highest BCUT2D eigenvalue weighted by Gasteiger charge is 2.09. The average Bonchev–Trinajstić information content (AvgIpc) is 2.86. The molecule has 0 fully saturated rings. The highest BCUT2D eigenvalue weighted by Crippen LogP contribution is 2.14. The van der Waals surface area contributed by atoms with Crippen LogP contribution in [-0.4, -0.2) is 20.0 Å². The SMILES string of the molecule is CCc1nc(Cn2nnc(N)c2CC)cs1. The Kier molecular flexibility index (Phi) is 3.19. The molecule has 0 aromatic carbocycles. The van der Waals surface area contributed by atoms with Crippen LogP contribution in [0.15, 0.2) is 5.38 Å². The van der Waals surface area contributed by atoms with Crippen molar-refractivity contribution in [2.45, 2.75) is 33.2 Å². The van der Waals surface area contributed by atoms with Crippen LogP contribution in [0.1, 0.15) is 30.2 Å². The average molecular weight is 237 g/mol. The van der Waals surface area contributed by atoms with Gasteiger partial charge in [0.15, 0.2) is 5.82 Å². The molecule has 0 aliphatic rings. The molecule has 0 aliphatic carbocycles. The fourth-order valence-electron chi connectivity index (χ4n) is 1.57. The number of thiazole rings is 1. The monoisotopic (exact) mass is 237 g/mol. The van der Waals surface area contributed by atoms with Crippen molar-refractivity contribution in [3.8, 4) is 0 Å². The summed E-state index contributed by atoms with van der Waals surface area (Å²) in [7, 11) is 0. The molecule has 0 bridgehead atoms. The van der Waals surface area contributed by atoms with Crippen LogP contribution in [0, 0.1) is 0 Å². The van der Waals surface area contributed by atoms with Gasteiger partial charge in [0.25, 0.3) is 0 Å². The number of nitrogens with two attached hydrogens (primary N) is 1. The van der Waals surface area contributed by atoms with Gasteiger partial charge in [-0.05, 0) is 12.8 Å². The van der Waals surface area contributed by atoms with E-state index in [2.05, 4.69) is 27.6 Å². The summed E-state index contributed by atoms with van der Waals surface area (Å²) in [6.45, 7) is 4.81. The van der Waals surface area contributed by atoms with Gasteiger partial charge >= 0.3 is 0 Å². The van der Waals surface area contributed by atoms with Gasteiger partial charge in [0.1, 0.15) is 0 Å². The van der Waals surface area contributed by atoms with Crippen molar-refractivity contribution in [3.05, 3.63) is 21.8 Å². The Labute approximate surface area is 98.3 Å². The maximum atomic E-state index is 5.72. The maximum Gasteiger partial charge on any atom is 0.169 e. The predicted molar refractivity (Wildman–Crippen MR) is 64.4 cm³/mol. The zero-order valence-electron chi connectivity index (χ0n) is 9.47. The predicted octanol–water partition coefficient (Wildman–Crippen LogP) is 1.49. The van der Waals surface area contributed by atoms with Crippen molar-refractivity contribution in [1.82, 2.24) is 20.0 Å². The zero-order valence-corrected chi connectivity index (χ0v) is 10.3. The summed E-state index contributed by atoms with van der Waals surface area (Å²) in [5.74, 6) is 0.522. The number of nitrogen functional groups attached to an aromatic ring is 1. The van der Waals surface area contributed by atoms with Crippen LogP contribution in [0.4, 0.5) is 5.82 Å². The molecule has 0 unspecified atom stereocenters. The molecule has 0 atom stereocenters. The van der Waals surface area contributed by atoms with Crippen LogP contribution in [0.25, 0.3) is 0 Å². The lowest BCUT2D eigenvalue weighted by molar-refractivity contribution is 0.613. The van der Waals surface area contributed by atoms with Gasteiger partial charge < -0.3 is 5.73 Å². The van der Waals surface area contributed by atoms with E-state index in [1.165, 1.54) is 0 Å². The highest BCUT2D eigenvalue weighted by atomic mass is 32.1. The van der Waals surface area contributed by atoms with E-state index in [9.17, 15) is 0 Å². The third-order valence-electron chi connectivity index (χ3n) is 2.42. The van der Waals surface area contributed by atoms with Gasteiger partial charge in [-0.1, -0.05) is 19.1 Å². The van der Waals surface area contributed by atoms with Crippen LogP contribution in [0.2, 0.25) is 0 Å². The number of hydrogen-bond acceptors (Lipinski definition) is 5. The highest BCUT2D eigenvalue weighted by molar-refractivity contribution is 7.09. The molecular weight excluding hydrogens is 222 g/mol. The smallest absolute Gasteiger partial charge is 0.169 e. The van der Waals surface area contributed by atoms with Crippen LogP contribution in [-0.2, 0) is 19.4 Å². The van der Waals surface area contributed by atoms with Crippen molar-refractivity contribution in [2.75, 3.05) is 5.73 Å². The van der Waals surface area contributed by atoms with E-state index in [0.29, 0.717) is 12.4 Å². The first kappa shape index (κ1) is 11.1. The van der Waals surface area contributed by atoms with Crippen molar-refractivity contribution in [1.29, 1.82) is 0 Å². The Hall–Kier alpha value is -1.43. The Morgan fingerprint density at radius 1 is 1.38 bits per heavy atom. The second-order valence-corrected chi connectivity index (χ2v) is 4.46. The van der Waals surface area contributed by atoms with Gasteiger partial charge in [0.2, 0.25) is 0 Å². The second-order valence-electron chi connectivity index (χ2n) is 3.52. The van der Waals surface area contributed by atoms with Gasteiger partial charge in [-0.25, -0.2) is 9.67 Å². The molecule has 2 aromatic heterocycles. The third-order valence-corrected chi connectivity index (χ3v) is 3.46. The molecule has 0 amide bonds. The first-order valence-corrected chi connectivity index (χ1v) is 6.23. The summed E-state index contributed by atoms with van der Waals surface area (Å²) in [5, 5.41) is 11.1. The second kappa shape index (κ2) is 4.61. The number of nitrogens with zero attached hydrogens (tertiary/aromatic N) is 4. The molecule has 16 heavy (non-hydrogen) atoms. The Balaban J connectivity index is 2.19. The van der Waals surface area contributed by atoms with E-state index >= 15 is 0 Å². The van der Waals surface area contributed by atoms with Crippen LogP contribution in [0.5, 0.6) is 0 Å². The van der Waals surface area contributed by atoms with Crippen molar-refractivity contribution in [2.24, 2.45) is 0 Å². The first-order chi connectivity index (χ1) is 7.74. The molecular formula is C10H15N5S. The molecule has 2 rings (SSSR count). The fourth-order valence-corrected chi connectivity index (χ4v) is 2.31. The summed E-state index contributed by atoms with van der Waals surface area (Å²) in [5.41, 5.74) is 7.73. The van der Waals surface area contributed by atoms with Gasteiger partial charge in [0.05, 0.1) is 22.9 Å². The largest absolute Gasteiger partial charge is 0.381 e. The normalized spacial score (nSPS) is 10.9. The molecule has 0 aliphatic heterocycles. The van der Waals surface area contributed by atoms with E-state index in [-0.39, 0.29) is 0 Å². The van der Waals surface area contributed by atoms with E-state index in [1.54, 1.807) is 11.3 Å². The lowest BCUT2D eigenvalue weighted by Gasteiger charge is -2.01. The number of anilines is 1. The topological polar surface area (TPSA) is 69.6 Å². The number of rotatable bonds is 4. The zero-order chi connectivity index (χ0) is 11.5.